The predicted octanol–water partition coefficient (Wildman–Crippen LogP) is 3.24. The lowest BCUT2D eigenvalue weighted by Gasteiger charge is -2.14. The Morgan fingerprint density at radius 2 is 1.75 bits per heavy atom. The lowest BCUT2D eigenvalue weighted by Crippen LogP contribution is -2.41. The molecule has 36 heavy (non-hydrogen) atoms. The van der Waals surface area contributed by atoms with Gasteiger partial charge in [-0.1, -0.05) is 17.7 Å². The summed E-state index contributed by atoms with van der Waals surface area (Å²) in [6, 6.07) is 15.2. The minimum absolute atomic E-state index is 0.0104. The van der Waals surface area contributed by atoms with Gasteiger partial charge in [-0.3, -0.25) is 19.7 Å². The summed E-state index contributed by atoms with van der Waals surface area (Å²) in [7, 11) is -3.21. The van der Waals surface area contributed by atoms with E-state index in [-0.39, 0.29) is 35.1 Å². The Balaban J connectivity index is 1.59. The van der Waals surface area contributed by atoms with Crippen LogP contribution in [0.2, 0.25) is 0 Å². The highest BCUT2D eigenvalue weighted by Crippen LogP contribution is 2.25. The van der Waals surface area contributed by atoms with Crippen molar-refractivity contribution < 1.29 is 27.3 Å². The first-order valence-corrected chi connectivity index (χ1v) is 12.9. The Hall–Kier alpha value is -4.25. The Bertz CT molecular complexity index is 1440. The SMILES string of the molecule is Cc1ccc(C(=O)N/C(=C/c2ccc(-c3ccc([N+](=O)[O-])cc3)o2)C(=O)NC2CCS(=O)(=O)C2)cc1. The molecule has 2 aromatic carbocycles. The van der Waals surface area contributed by atoms with Crippen molar-refractivity contribution in [2.75, 3.05) is 11.5 Å². The monoisotopic (exact) mass is 509 g/mol. The van der Waals surface area contributed by atoms with Crippen LogP contribution < -0.4 is 10.6 Å². The van der Waals surface area contributed by atoms with Gasteiger partial charge in [0.1, 0.15) is 17.2 Å². The third-order valence-electron chi connectivity index (χ3n) is 5.65. The van der Waals surface area contributed by atoms with Crippen molar-refractivity contribution >= 4 is 33.4 Å². The standard InChI is InChI=1S/C25H23N3O7S/c1-16-2-4-18(5-3-16)24(29)27-22(25(30)26-19-12-13-36(33,34)15-19)14-21-10-11-23(35-21)17-6-8-20(9-7-17)28(31)32/h2-11,14,19H,12-13,15H2,1H3,(H,26,30)(H,27,29)/b22-14+. The third kappa shape index (κ3) is 6.05. The molecule has 3 aromatic rings. The molecule has 1 aliphatic rings. The van der Waals surface area contributed by atoms with E-state index in [1.807, 2.05) is 6.92 Å². The van der Waals surface area contributed by atoms with Crippen LogP contribution in [0.3, 0.4) is 0 Å². The van der Waals surface area contributed by atoms with E-state index >= 15 is 0 Å². The average molecular weight is 510 g/mol. The van der Waals surface area contributed by atoms with Gasteiger partial charge < -0.3 is 15.1 Å². The highest BCUT2D eigenvalue weighted by molar-refractivity contribution is 7.91. The van der Waals surface area contributed by atoms with Crippen molar-refractivity contribution in [1.82, 2.24) is 10.6 Å². The number of rotatable bonds is 7. The van der Waals surface area contributed by atoms with Crippen molar-refractivity contribution in [1.29, 1.82) is 0 Å². The van der Waals surface area contributed by atoms with Crippen molar-refractivity contribution in [2.45, 2.75) is 19.4 Å². The van der Waals surface area contributed by atoms with Gasteiger partial charge in [0.05, 0.1) is 16.4 Å². The first kappa shape index (κ1) is 24.9. The van der Waals surface area contributed by atoms with E-state index < -0.39 is 32.6 Å². The number of nitro benzene ring substituents is 1. The highest BCUT2D eigenvalue weighted by Gasteiger charge is 2.30. The number of nitrogens with zero attached hydrogens (tertiary/aromatic N) is 1. The summed E-state index contributed by atoms with van der Waals surface area (Å²) in [5, 5.41) is 16.1. The zero-order valence-corrected chi connectivity index (χ0v) is 20.1. The van der Waals surface area contributed by atoms with Gasteiger partial charge in [0.15, 0.2) is 9.84 Å². The number of hydrogen-bond donors (Lipinski definition) is 2. The van der Waals surface area contributed by atoms with E-state index in [1.165, 1.54) is 30.3 Å². The fourth-order valence-corrected chi connectivity index (χ4v) is 5.38. The molecule has 2 heterocycles. The van der Waals surface area contributed by atoms with Gasteiger partial charge in [-0.25, -0.2) is 8.42 Å². The van der Waals surface area contributed by atoms with E-state index in [0.717, 1.165) is 5.56 Å². The minimum Gasteiger partial charge on any atom is -0.457 e. The van der Waals surface area contributed by atoms with Crippen LogP contribution in [0.25, 0.3) is 17.4 Å². The van der Waals surface area contributed by atoms with Crippen LogP contribution >= 0.6 is 0 Å². The van der Waals surface area contributed by atoms with Gasteiger partial charge in [-0.15, -0.1) is 0 Å². The van der Waals surface area contributed by atoms with Crippen molar-refractivity contribution in [3.05, 3.63) is 93.4 Å². The van der Waals surface area contributed by atoms with Gasteiger partial charge in [-0.2, -0.15) is 0 Å². The molecule has 0 radical (unpaired) electrons. The molecule has 0 bridgehead atoms. The van der Waals surface area contributed by atoms with Gasteiger partial charge in [0.25, 0.3) is 17.5 Å². The van der Waals surface area contributed by atoms with E-state index in [9.17, 15) is 28.1 Å². The summed E-state index contributed by atoms with van der Waals surface area (Å²) in [5.74, 6) is -0.685. The molecule has 1 fully saturated rings. The van der Waals surface area contributed by atoms with Crippen LogP contribution in [0.5, 0.6) is 0 Å². The maximum Gasteiger partial charge on any atom is 0.269 e. The normalized spacial score (nSPS) is 16.9. The molecule has 2 amide bonds. The minimum atomic E-state index is -3.21. The fourth-order valence-electron chi connectivity index (χ4n) is 3.71. The molecule has 11 heteroatoms. The number of nitrogens with one attached hydrogen (secondary N) is 2. The van der Waals surface area contributed by atoms with E-state index in [0.29, 0.717) is 16.9 Å². The summed E-state index contributed by atoms with van der Waals surface area (Å²) in [5.41, 5.74) is 1.73. The highest BCUT2D eigenvalue weighted by atomic mass is 32.2. The zero-order chi connectivity index (χ0) is 25.9. The lowest BCUT2D eigenvalue weighted by atomic mass is 10.1. The molecule has 0 spiro atoms. The molecule has 186 valence electrons. The van der Waals surface area contributed by atoms with Crippen LogP contribution in [-0.4, -0.2) is 42.7 Å². The number of benzene rings is 2. The average Bonchev–Trinajstić information content (AvgIpc) is 3.44. The smallest absolute Gasteiger partial charge is 0.269 e. The largest absolute Gasteiger partial charge is 0.457 e. The molecule has 1 saturated heterocycles. The number of furan rings is 1. The summed E-state index contributed by atoms with van der Waals surface area (Å²) >= 11 is 0. The summed E-state index contributed by atoms with van der Waals surface area (Å²) in [6.45, 7) is 1.88. The van der Waals surface area contributed by atoms with Crippen LogP contribution in [-0.2, 0) is 14.6 Å². The van der Waals surface area contributed by atoms with E-state index in [2.05, 4.69) is 10.6 Å². The number of carbonyl (C=O) groups excluding carboxylic acids is 2. The molecule has 1 aromatic heterocycles. The van der Waals surface area contributed by atoms with Crippen LogP contribution in [0.4, 0.5) is 5.69 Å². The van der Waals surface area contributed by atoms with Crippen molar-refractivity contribution in [3.63, 3.8) is 0 Å². The molecule has 4 rings (SSSR count). The number of non-ortho nitro benzene ring substituents is 1. The summed E-state index contributed by atoms with van der Waals surface area (Å²) in [4.78, 5) is 36.2. The van der Waals surface area contributed by atoms with Crippen molar-refractivity contribution in [3.8, 4) is 11.3 Å². The Morgan fingerprint density at radius 3 is 2.36 bits per heavy atom. The maximum absolute atomic E-state index is 13.0. The number of aryl methyl sites for hydroxylation is 1. The molecular formula is C25H23N3O7S. The Morgan fingerprint density at radius 1 is 1.06 bits per heavy atom. The third-order valence-corrected chi connectivity index (χ3v) is 7.42. The molecule has 2 N–H and O–H groups in total. The molecule has 1 unspecified atom stereocenters. The molecular weight excluding hydrogens is 486 g/mol. The van der Waals surface area contributed by atoms with Gasteiger partial charge in [0.2, 0.25) is 0 Å². The van der Waals surface area contributed by atoms with E-state index in [1.54, 1.807) is 36.4 Å². The molecule has 1 aliphatic heterocycles. The van der Waals surface area contributed by atoms with Gasteiger partial charge >= 0.3 is 0 Å². The molecule has 0 saturated carbocycles. The second-order valence-corrected chi connectivity index (χ2v) is 10.7. The predicted molar refractivity (Wildman–Crippen MR) is 133 cm³/mol. The molecule has 1 atom stereocenters. The van der Waals surface area contributed by atoms with Crippen molar-refractivity contribution in [2.24, 2.45) is 0 Å². The molecule has 0 aliphatic carbocycles. The number of sulfone groups is 1. The van der Waals surface area contributed by atoms with Gasteiger partial charge in [0, 0.05) is 35.4 Å². The second kappa shape index (κ2) is 10.2. The molecule has 10 nitrogen and oxygen atoms in total. The summed E-state index contributed by atoms with van der Waals surface area (Å²) < 4.78 is 29.3. The van der Waals surface area contributed by atoms with Gasteiger partial charge in [-0.05, 0) is 49.7 Å². The summed E-state index contributed by atoms with van der Waals surface area (Å²) in [6.07, 6.45) is 1.64. The maximum atomic E-state index is 13.0. The first-order chi connectivity index (χ1) is 17.1. The van der Waals surface area contributed by atoms with Crippen LogP contribution in [0, 0.1) is 17.0 Å². The first-order valence-electron chi connectivity index (χ1n) is 11.1. The lowest BCUT2D eigenvalue weighted by molar-refractivity contribution is -0.384. The topological polar surface area (TPSA) is 149 Å². The van der Waals surface area contributed by atoms with Crippen LogP contribution in [0.15, 0.2) is 70.8 Å². The number of carbonyl (C=O) groups is 2. The Kier molecular flexibility index (Phi) is 7.02. The van der Waals surface area contributed by atoms with E-state index in [4.69, 9.17) is 4.42 Å². The zero-order valence-electron chi connectivity index (χ0n) is 19.3. The second-order valence-electron chi connectivity index (χ2n) is 8.46. The Labute approximate surface area is 207 Å². The van der Waals surface area contributed by atoms with Crippen LogP contribution in [0.1, 0.15) is 28.1 Å². The number of hydrogen-bond acceptors (Lipinski definition) is 7. The quantitative estimate of drug-likeness (QED) is 0.282. The number of amides is 2. The fraction of sp³-hybridized carbons (Fsp3) is 0.200. The number of nitro groups is 1.